The molecule has 0 aliphatic rings. The molecule has 0 aliphatic heterocycles. The van der Waals surface area contributed by atoms with Gasteiger partial charge < -0.3 is 10.3 Å². The van der Waals surface area contributed by atoms with Crippen molar-refractivity contribution in [3.05, 3.63) is 47.5 Å². The molecule has 2 rings (SSSR count). The topological polar surface area (TPSA) is 57.8 Å². The van der Waals surface area contributed by atoms with Gasteiger partial charge in [0.2, 0.25) is 0 Å². The van der Waals surface area contributed by atoms with Crippen molar-refractivity contribution in [2.75, 3.05) is 5.32 Å². The maximum atomic E-state index is 11.8. The number of rotatable bonds is 2. The average molecular weight is 215 g/mol. The Morgan fingerprint density at radius 3 is 2.56 bits per heavy atom. The molecule has 1 amide bonds. The maximum Gasteiger partial charge on any atom is 0.273 e. The number of anilines is 1. The first-order valence-corrected chi connectivity index (χ1v) is 5.04. The van der Waals surface area contributed by atoms with Gasteiger partial charge in [-0.1, -0.05) is 18.2 Å². The summed E-state index contributed by atoms with van der Waals surface area (Å²) in [4.78, 5) is 18.4. The highest BCUT2D eigenvalue weighted by atomic mass is 16.1. The van der Waals surface area contributed by atoms with Crippen LogP contribution < -0.4 is 5.32 Å². The molecule has 0 fully saturated rings. The summed E-state index contributed by atoms with van der Waals surface area (Å²) >= 11 is 0. The van der Waals surface area contributed by atoms with Crippen molar-refractivity contribution >= 4 is 11.6 Å². The van der Waals surface area contributed by atoms with Crippen LogP contribution in [0, 0.1) is 13.8 Å². The molecule has 0 radical (unpaired) electrons. The number of carbonyl (C=O) groups excluding carboxylic acids is 1. The second-order valence-corrected chi connectivity index (χ2v) is 3.69. The molecule has 4 heteroatoms. The summed E-state index contributed by atoms with van der Waals surface area (Å²) in [6, 6.07) is 5.90. The van der Waals surface area contributed by atoms with Gasteiger partial charge >= 0.3 is 0 Å². The molecule has 2 aromatic rings. The highest BCUT2D eigenvalue weighted by Gasteiger charge is 2.09. The van der Waals surface area contributed by atoms with E-state index >= 15 is 0 Å². The number of nitrogens with one attached hydrogen (secondary N) is 2. The van der Waals surface area contributed by atoms with Crippen LogP contribution in [0.5, 0.6) is 0 Å². The van der Waals surface area contributed by atoms with Gasteiger partial charge in [-0.05, 0) is 25.0 Å². The first kappa shape index (κ1) is 10.4. The third kappa shape index (κ3) is 1.95. The Kier molecular flexibility index (Phi) is 2.72. The number of H-pyrrole nitrogens is 1. The number of hydrogen-bond acceptors (Lipinski definition) is 2. The van der Waals surface area contributed by atoms with Gasteiger partial charge in [0.25, 0.3) is 5.91 Å². The lowest BCUT2D eigenvalue weighted by atomic mass is 10.1. The minimum Gasteiger partial charge on any atom is -0.341 e. The summed E-state index contributed by atoms with van der Waals surface area (Å²) in [5.74, 6) is -0.171. The van der Waals surface area contributed by atoms with Crippen LogP contribution in [0.4, 0.5) is 5.69 Å². The van der Waals surface area contributed by atoms with Gasteiger partial charge in [-0.25, -0.2) is 4.98 Å². The van der Waals surface area contributed by atoms with Crippen LogP contribution in [0.1, 0.15) is 21.6 Å². The molecule has 0 saturated carbocycles. The van der Waals surface area contributed by atoms with Crippen LogP contribution >= 0.6 is 0 Å². The standard InChI is InChI=1S/C12H13N3O/c1-8-4-3-5-9(2)11(8)15-12(16)10-6-13-7-14-10/h3-7H,1-2H3,(H,13,14)(H,15,16). The van der Waals surface area contributed by atoms with Crippen molar-refractivity contribution in [1.29, 1.82) is 0 Å². The van der Waals surface area contributed by atoms with E-state index in [1.165, 1.54) is 12.5 Å². The molecule has 2 N–H and O–H groups in total. The van der Waals surface area contributed by atoms with Crippen molar-refractivity contribution in [2.24, 2.45) is 0 Å². The van der Waals surface area contributed by atoms with E-state index in [4.69, 9.17) is 0 Å². The van der Waals surface area contributed by atoms with Crippen LogP contribution in [0.2, 0.25) is 0 Å². The fourth-order valence-electron chi connectivity index (χ4n) is 1.57. The number of imidazole rings is 1. The second kappa shape index (κ2) is 4.18. The van der Waals surface area contributed by atoms with E-state index in [0.717, 1.165) is 16.8 Å². The van der Waals surface area contributed by atoms with Crippen molar-refractivity contribution < 1.29 is 4.79 Å². The zero-order valence-corrected chi connectivity index (χ0v) is 9.24. The molecule has 1 aromatic carbocycles. The Hall–Kier alpha value is -2.10. The Labute approximate surface area is 93.7 Å². The average Bonchev–Trinajstić information content (AvgIpc) is 2.76. The summed E-state index contributed by atoms with van der Waals surface area (Å²) in [6.45, 7) is 3.94. The van der Waals surface area contributed by atoms with Crippen molar-refractivity contribution in [3.63, 3.8) is 0 Å². The van der Waals surface area contributed by atoms with Crippen LogP contribution in [-0.4, -0.2) is 15.9 Å². The van der Waals surface area contributed by atoms with Crippen LogP contribution in [0.25, 0.3) is 0 Å². The lowest BCUT2D eigenvalue weighted by Crippen LogP contribution is -2.14. The monoisotopic (exact) mass is 215 g/mol. The SMILES string of the molecule is Cc1cccc(C)c1NC(=O)c1cnc[nH]1. The largest absolute Gasteiger partial charge is 0.341 e. The molecule has 0 atom stereocenters. The van der Waals surface area contributed by atoms with Crippen molar-refractivity contribution in [3.8, 4) is 0 Å². The predicted molar refractivity (Wildman–Crippen MR) is 62.5 cm³/mol. The number of benzene rings is 1. The highest BCUT2D eigenvalue weighted by Crippen LogP contribution is 2.19. The maximum absolute atomic E-state index is 11.8. The van der Waals surface area contributed by atoms with E-state index in [0.29, 0.717) is 5.69 Å². The predicted octanol–water partition coefficient (Wildman–Crippen LogP) is 2.28. The van der Waals surface area contributed by atoms with E-state index < -0.39 is 0 Å². The molecular weight excluding hydrogens is 202 g/mol. The highest BCUT2D eigenvalue weighted by molar-refractivity contribution is 6.03. The molecule has 1 aromatic heterocycles. The Morgan fingerprint density at radius 1 is 1.31 bits per heavy atom. The van der Waals surface area contributed by atoms with Crippen LogP contribution in [0.15, 0.2) is 30.7 Å². The van der Waals surface area contributed by atoms with Gasteiger partial charge in [-0.2, -0.15) is 0 Å². The van der Waals surface area contributed by atoms with E-state index in [9.17, 15) is 4.79 Å². The van der Waals surface area contributed by atoms with Crippen LogP contribution in [0.3, 0.4) is 0 Å². The molecule has 0 spiro atoms. The van der Waals surface area contributed by atoms with Gasteiger partial charge in [0.15, 0.2) is 0 Å². The fraction of sp³-hybridized carbons (Fsp3) is 0.167. The lowest BCUT2D eigenvalue weighted by Gasteiger charge is -2.10. The number of aromatic amines is 1. The zero-order valence-electron chi connectivity index (χ0n) is 9.24. The molecule has 82 valence electrons. The number of aromatic nitrogens is 2. The summed E-state index contributed by atoms with van der Waals surface area (Å²) in [5.41, 5.74) is 3.42. The van der Waals surface area contributed by atoms with Gasteiger partial charge in [0, 0.05) is 5.69 Å². The number of para-hydroxylation sites is 1. The number of carbonyl (C=O) groups is 1. The quantitative estimate of drug-likeness (QED) is 0.807. The first-order valence-electron chi connectivity index (χ1n) is 5.04. The molecule has 0 bridgehead atoms. The lowest BCUT2D eigenvalue weighted by molar-refractivity contribution is 0.102. The number of amides is 1. The van der Waals surface area contributed by atoms with Gasteiger partial charge in [-0.3, -0.25) is 4.79 Å². The molecule has 1 heterocycles. The second-order valence-electron chi connectivity index (χ2n) is 3.69. The third-order valence-corrected chi connectivity index (χ3v) is 2.46. The fourth-order valence-corrected chi connectivity index (χ4v) is 1.57. The number of hydrogen-bond donors (Lipinski definition) is 2. The number of aryl methyl sites for hydroxylation is 2. The smallest absolute Gasteiger partial charge is 0.273 e. The Morgan fingerprint density at radius 2 is 2.00 bits per heavy atom. The van der Waals surface area contributed by atoms with E-state index in [-0.39, 0.29) is 5.91 Å². The molecule has 0 saturated heterocycles. The molecule has 16 heavy (non-hydrogen) atoms. The van der Waals surface area contributed by atoms with Gasteiger partial charge in [0.1, 0.15) is 5.69 Å². The summed E-state index contributed by atoms with van der Waals surface area (Å²) in [5, 5.41) is 2.87. The molecule has 4 nitrogen and oxygen atoms in total. The minimum absolute atomic E-state index is 0.171. The molecule has 0 aliphatic carbocycles. The van der Waals surface area contributed by atoms with Crippen molar-refractivity contribution in [2.45, 2.75) is 13.8 Å². The van der Waals surface area contributed by atoms with Crippen LogP contribution in [-0.2, 0) is 0 Å². The normalized spacial score (nSPS) is 10.1. The number of nitrogens with zero attached hydrogens (tertiary/aromatic N) is 1. The third-order valence-electron chi connectivity index (χ3n) is 2.46. The van der Waals surface area contributed by atoms with E-state index in [2.05, 4.69) is 15.3 Å². The van der Waals surface area contributed by atoms with Gasteiger partial charge in [-0.15, -0.1) is 0 Å². The Balaban J connectivity index is 2.25. The summed E-state index contributed by atoms with van der Waals surface area (Å²) in [7, 11) is 0. The Bertz CT molecular complexity index is 483. The summed E-state index contributed by atoms with van der Waals surface area (Å²) < 4.78 is 0. The minimum atomic E-state index is -0.171. The first-order chi connectivity index (χ1) is 7.68. The summed E-state index contributed by atoms with van der Waals surface area (Å²) in [6.07, 6.45) is 2.99. The molecular formula is C12H13N3O. The van der Waals surface area contributed by atoms with Crippen molar-refractivity contribution in [1.82, 2.24) is 9.97 Å². The zero-order chi connectivity index (χ0) is 11.5. The van der Waals surface area contributed by atoms with Gasteiger partial charge in [0.05, 0.1) is 12.5 Å². The molecule has 0 unspecified atom stereocenters. The van der Waals surface area contributed by atoms with E-state index in [1.54, 1.807) is 0 Å². The van der Waals surface area contributed by atoms with E-state index in [1.807, 2.05) is 32.0 Å².